The fourth-order valence-corrected chi connectivity index (χ4v) is 3.77. The van der Waals surface area contributed by atoms with Gasteiger partial charge in [-0.3, -0.25) is 4.79 Å². The van der Waals surface area contributed by atoms with Gasteiger partial charge in [0.05, 0.1) is 5.92 Å². The molecule has 3 aliphatic rings. The first-order valence-electron chi connectivity index (χ1n) is 8.79. The van der Waals surface area contributed by atoms with Gasteiger partial charge in [0.1, 0.15) is 0 Å². The van der Waals surface area contributed by atoms with Gasteiger partial charge in [-0.2, -0.15) is 0 Å². The first kappa shape index (κ1) is 15.6. The van der Waals surface area contributed by atoms with E-state index in [1.807, 2.05) is 9.80 Å². The van der Waals surface area contributed by atoms with Crippen molar-refractivity contribution in [3.05, 3.63) is 0 Å². The molecule has 0 aromatic rings. The summed E-state index contributed by atoms with van der Waals surface area (Å²) in [5.74, 6) is 0.403. The molecule has 1 unspecified atom stereocenters. The largest absolute Gasteiger partial charge is 0.339 e. The van der Waals surface area contributed by atoms with Gasteiger partial charge in [-0.1, -0.05) is 19.3 Å². The number of urea groups is 1. The Bertz CT molecular complexity index is 395. The lowest BCUT2D eigenvalue weighted by atomic mass is 9.96. The van der Waals surface area contributed by atoms with Crippen LogP contribution in [-0.4, -0.2) is 67.0 Å². The number of hydrogen-bond donors (Lipinski definition) is 2. The van der Waals surface area contributed by atoms with Crippen molar-refractivity contribution >= 4 is 11.9 Å². The quantitative estimate of drug-likeness (QED) is 0.792. The van der Waals surface area contributed by atoms with Crippen molar-refractivity contribution in [2.45, 2.75) is 44.6 Å². The van der Waals surface area contributed by atoms with Gasteiger partial charge >= 0.3 is 6.03 Å². The van der Waals surface area contributed by atoms with E-state index in [1.54, 1.807) is 0 Å². The van der Waals surface area contributed by atoms with Crippen LogP contribution in [0, 0.1) is 5.92 Å². The summed E-state index contributed by atoms with van der Waals surface area (Å²) in [6.45, 7) is 4.41. The molecule has 0 bridgehead atoms. The zero-order valence-corrected chi connectivity index (χ0v) is 13.4. The van der Waals surface area contributed by atoms with Crippen LogP contribution in [0.3, 0.4) is 0 Å². The molecule has 0 radical (unpaired) electrons. The van der Waals surface area contributed by atoms with Crippen molar-refractivity contribution in [3.63, 3.8) is 0 Å². The molecule has 0 spiro atoms. The third-order valence-corrected chi connectivity index (χ3v) is 5.22. The molecule has 3 rings (SSSR count). The molecule has 6 heteroatoms. The second-order valence-corrected chi connectivity index (χ2v) is 6.79. The Labute approximate surface area is 132 Å². The predicted octanol–water partition coefficient (Wildman–Crippen LogP) is 0.782. The number of amides is 3. The number of carbonyl (C=O) groups excluding carboxylic acids is 2. The zero-order chi connectivity index (χ0) is 15.4. The molecule has 0 aromatic heterocycles. The van der Waals surface area contributed by atoms with Gasteiger partial charge in [-0.25, -0.2) is 4.79 Å². The van der Waals surface area contributed by atoms with Gasteiger partial charge in [-0.05, 0) is 25.8 Å². The predicted molar refractivity (Wildman–Crippen MR) is 84.5 cm³/mol. The second kappa shape index (κ2) is 7.31. The maximum Gasteiger partial charge on any atom is 0.317 e. The molecule has 1 aliphatic carbocycles. The SMILES string of the molecule is O=C(NC1CCCCC1)N1CCN(C(=O)C2CCNC2)CC1. The van der Waals surface area contributed by atoms with E-state index in [-0.39, 0.29) is 17.9 Å². The lowest BCUT2D eigenvalue weighted by Crippen LogP contribution is -2.55. The van der Waals surface area contributed by atoms with Crippen LogP contribution in [0.1, 0.15) is 38.5 Å². The van der Waals surface area contributed by atoms with Crippen molar-refractivity contribution in [2.75, 3.05) is 39.3 Å². The van der Waals surface area contributed by atoms with Gasteiger partial charge in [0.2, 0.25) is 5.91 Å². The molecule has 1 saturated carbocycles. The van der Waals surface area contributed by atoms with Crippen LogP contribution < -0.4 is 10.6 Å². The average molecular weight is 308 g/mol. The Kier molecular flexibility index (Phi) is 5.18. The Balaban J connectivity index is 1.42. The van der Waals surface area contributed by atoms with E-state index in [4.69, 9.17) is 0 Å². The van der Waals surface area contributed by atoms with E-state index in [2.05, 4.69) is 10.6 Å². The molecule has 2 saturated heterocycles. The van der Waals surface area contributed by atoms with Crippen molar-refractivity contribution < 1.29 is 9.59 Å². The standard InChI is InChI=1S/C16H28N4O2/c21-15(13-6-7-17-12-13)19-8-10-20(11-9-19)16(22)18-14-4-2-1-3-5-14/h13-14,17H,1-12H2,(H,18,22). The molecule has 3 fully saturated rings. The number of nitrogens with one attached hydrogen (secondary N) is 2. The topological polar surface area (TPSA) is 64.7 Å². The Morgan fingerprint density at radius 3 is 2.23 bits per heavy atom. The summed E-state index contributed by atoms with van der Waals surface area (Å²) < 4.78 is 0. The minimum absolute atomic E-state index is 0.0570. The number of hydrogen-bond acceptors (Lipinski definition) is 3. The van der Waals surface area contributed by atoms with Crippen molar-refractivity contribution in [2.24, 2.45) is 5.92 Å². The Morgan fingerprint density at radius 1 is 0.909 bits per heavy atom. The van der Waals surface area contributed by atoms with Crippen LogP contribution in [0.4, 0.5) is 4.79 Å². The maximum atomic E-state index is 12.4. The third kappa shape index (κ3) is 3.72. The maximum absolute atomic E-state index is 12.4. The normalized spacial score (nSPS) is 27.0. The molecule has 6 nitrogen and oxygen atoms in total. The summed E-state index contributed by atoms with van der Waals surface area (Å²) in [6, 6.07) is 0.409. The van der Waals surface area contributed by atoms with Crippen LogP contribution in [-0.2, 0) is 4.79 Å². The highest BCUT2D eigenvalue weighted by Crippen LogP contribution is 2.18. The number of piperazine rings is 1. The Hall–Kier alpha value is -1.30. The fraction of sp³-hybridized carbons (Fsp3) is 0.875. The summed E-state index contributed by atoms with van der Waals surface area (Å²) in [5, 5.41) is 6.40. The summed E-state index contributed by atoms with van der Waals surface area (Å²) >= 11 is 0. The van der Waals surface area contributed by atoms with Crippen LogP contribution in [0.5, 0.6) is 0 Å². The summed E-state index contributed by atoms with van der Waals surface area (Å²) in [4.78, 5) is 28.5. The molecular weight excluding hydrogens is 280 g/mol. The molecule has 2 N–H and O–H groups in total. The van der Waals surface area contributed by atoms with E-state index in [0.29, 0.717) is 32.2 Å². The van der Waals surface area contributed by atoms with E-state index < -0.39 is 0 Å². The number of carbonyl (C=O) groups is 2. The van der Waals surface area contributed by atoms with Gasteiger partial charge in [-0.15, -0.1) is 0 Å². The molecule has 0 aromatic carbocycles. The highest BCUT2D eigenvalue weighted by Gasteiger charge is 2.30. The average Bonchev–Trinajstić information content (AvgIpc) is 3.10. The lowest BCUT2D eigenvalue weighted by Gasteiger charge is -2.37. The van der Waals surface area contributed by atoms with E-state index in [0.717, 1.165) is 32.4 Å². The van der Waals surface area contributed by atoms with Crippen LogP contribution >= 0.6 is 0 Å². The van der Waals surface area contributed by atoms with Gasteiger partial charge in [0.25, 0.3) is 0 Å². The zero-order valence-electron chi connectivity index (χ0n) is 13.4. The summed E-state index contributed by atoms with van der Waals surface area (Å²) in [5.41, 5.74) is 0. The monoisotopic (exact) mass is 308 g/mol. The highest BCUT2D eigenvalue weighted by molar-refractivity contribution is 5.80. The van der Waals surface area contributed by atoms with Crippen LogP contribution in [0.2, 0.25) is 0 Å². The van der Waals surface area contributed by atoms with E-state index >= 15 is 0 Å². The number of rotatable bonds is 2. The Morgan fingerprint density at radius 2 is 1.59 bits per heavy atom. The second-order valence-electron chi connectivity index (χ2n) is 6.79. The molecule has 2 aliphatic heterocycles. The fourth-order valence-electron chi connectivity index (χ4n) is 3.77. The summed E-state index contributed by atoms with van der Waals surface area (Å²) in [6.07, 6.45) is 6.91. The van der Waals surface area contributed by atoms with Crippen molar-refractivity contribution in [1.29, 1.82) is 0 Å². The molecule has 124 valence electrons. The molecular formula is C16H28N4O2. The van der Waals surface area contributed by atoms with Crippen molar-refractivity contribution in [3.8, 4) is 0 Å². The first-order valence-corrected chi connectivity index (χ1v) is 8.79. The van der Waals surface area contributed by atoms with Gasteiger partial charge in [0, 0.05) is 38.8 Å². The molecule has 1 atom stereocenters. The molecule has 2 heterocycles. The third-order valence-electron chi connectivity index (χ3n) is 5.22. The first-order chi connectivity index (χ1) is 10.7. The highest BCUT2D eigenvalue weighted by atomic mass is 16.2. The minimum Gasteiger partial charge on any atom is -0.339 e. The lowest BCUT2D eigenvalue weighted by molar-refractivity contribution is -0.136. The smallest absolute Gasteiger partial charge is 0.317 e. The molecule has 22 heavy (non-hydrogen) atoms. The molecule has 3 amide bonds. The van der Waals surface area contributed by atoms with Crippen molar-refractivity contribution in [1.82, 2.24) is 20.4 Å². The van der Waals surface area contributed by atoms with E-state index in [1.165, 1.54) is 19.3 Å². The van der Waals surface area contributed by atoms with Crippen LogP contribution in [0.25, 0.3) is 0 Å². The van der Waals surface area contributed by atoms with E-state index in [9.17, 15) is 9.59 Å². The van der Waals surface area contributed by atoms with Gasteiger partial charge in [0.15, 0.2) is 0 Å². The van der Waals surface area contributed by atoms with Crippen LogP contribution in [0.15, 0.2) is 0 Å². The summed E-state index contributed by atoms with van der Waals surface area (Å²) in [7, 11) is 0. The van der Waals surface area contributed by atoms with Gasteiger partial charge < -0.3 is 20.4 Å². The minimum atomic E-state index is 0.0570. The number of nitrogens with zero attached hydrogens (tertiary/aromatic N) is 2.